The van der Waals surface area contributed by atoms with E-state index in [1.165, 1.54) is 276 Å². The molecule has 55 heavy (non-hydrogen) atoms. The summed E-state index contributed by atoms with van der Waals surface area (Å²) in [5.41, 5.74) is -0.0861. The average molecular weight is 795 g/mol. The molecule has 0 aliphatic heterocycles. The third kappa shape index (κ3) is 35.7. The van der Waals surface area contributed by atoms with Crippen molar-refractivity contribution in [3.8, 4) is 0 Å². The van der Waals surface area contributed by atoms with Gasteiger partial charge in [-0.25, -0.2) is 0 Å². The molecule has 0 heterocycles. The van der Waals surface area contributed by atoms with Gasteiger partial charge in [-0.2, -0.15) is 0 Å². The van der Waals surface area contributed by atoms with Gasteiger partial charge in [0.05, 0.1) is 5.60 Å². The van der Waals surface area contributed by atoms with E-state index in [0.29, 0.717) is 0 Å². The van der Waals surface area contributed by atoms with Crippen molar-refractivity contribution in [2.24, 2.45) is 0 Å². The number of hydrogen-bond donors (Lipinski definition) is 0. The molecule has 0 fully saturated rings. The Balaban J connectivity index is 5.45. The van der Waals surface area contributed by atoms with E-state index in [-0.39, 0.29) is 5.60 Å². The molecule has 0 unspecified atom stereocenters. The zero-order valence-electron chi connectivity index (χ0n) is 39.3. The smallest absolute Gasteiger partial charge is 0.377 e. The quantitative estimate of drug-likeness (QED) is 0.0454. The van der Waals surface area contributed by atoms with Crippen LogP contribution >= 0.6 is 0 Å². The highest BCUT2D eigenvalue weighted by atomic mass is 28.4. The molecular weight excluding hydrogens is 689 g/mol. The molecule has 4 heteroatoms. The molecule has 0 aliphatic rings. The fourth-order valence-electron chi connectivity index (χ4n) is 8.91. The SMILES string of the molecule is CCCCCCCCCCCCC(CCCCCCCCCCCC)(CCCCCCCCCCCC)O[Si](CCCCCCCCCCCC)(OC)OC. The summed E-state index contributed by atoms with van der Waals surface area (Å²) in [4.78, 5) is 0. The van der Waals surface area contributed by atoms with E-state index in [0.717, 1.165) is 6.04 Å². The van der Waals surface area contributed by atoms with Crippen LogP contribution in [0.5, 0.6) is 0 Å². The fraction of sp³-hybridized carbons (Fsp3) is 1.00. The predicted octanol–water partition coefficient (Wildman–Crippen LogP) is 18.8. The van der Waals surface area contributed by atoms with Crippen LogP contribution in [-0.2, 0) is 13.3 Å². The molecule has 0 saturated heterocycles. The van der Waals surface area contributed by atoms with Crippen LogP contribution in [0.3, 0.4) is 0 Å². The minimum absolute atomic E-state index is 0.0861. The molecule has 332 valence electrons. The monoisotopic (exact) mass is 795 g/mol. The van der Waals surface area contributed by atoms with Gasteiger partial charge in [0.1, 0.15) is 0 Å². The van der Waals surface area contributed by atoms with E-state index in [2.05, 4.69) is 27.7 Å². The lowest BCUT2D eigenvalue weighted by Crippen LogP contribution is -2.52. The minimum atomic E-state index is -2.76. The molecule has 0 rings (SSSR count). The van der Waals surface area contributed by atoms with Gasteiger partial charge < -0.3 is 13.3 Å². The summed E-state index contributed by atoms with van der Waals surface area (Å²) < 4.78 is 20.4. The van der Waals surface area contributed by atoms with Gasteiger partial charge in [0.15, 0.2) is 0 Å². The summed E-state index contributed by atoms with van der Waals surface area (Å²) in [6.07, 6.45) is 58.9. The van der Waals surface area contributed by atoms with E-state index in [4.69, 9.17) is 13.3 Å². The maximum absolute atomic E-state index is 7.55. The van der Waals surface area contributed by atoms with Crippen LogP contribution in [0.25, 0.3) is 0 Å². The topological polar surface area (TPSA) is 27.7 Å². The van der Waals surface area contributed by atoms with Crippen molar-refractivity contribution < 1.29 is 13.3 Å². The van der Waals surface area contributed by atoms with Crippen LogP contribution in [0.15, 0.2) is 0 Å². The summed E-state index contributed by atoms with van der Waals surface area (Å²) in [5.74, 6) is 0. The maximum atomic E-state index is 7.55. The number of rotatable bonds is 48. The molecule has 0 N–H and O–H groups in total. The van der Waals surface area contributed by atoms with Gasteiger partial charge >= 0.3 is 8.80 Å². The van der Waals surface area contributed by atoms with Gasteiger partial charge in [0.2, 0.25) is 0 Å². The lowest BCUT2D eigenvalue weighted by molar-refractivity contribution is -0.0390. The van der Waals surface area contributed by atoms with E-state index in [9.17, 15) is 0 Å². The fourth-order valence-corrected chi connectivity index (χ4v) is 11.4. The summed E-state index contributed by atoms with van der Waals surface area (Å²) in [7, 11) is 1.04. The lowest BCUT2D eigenvalue weighted by atomic mass is 9.85. The molecule has 0 atom stereocenters. The van der Waals surface area contributed by atoms with Crippen LogP contribution in [0, 0.1) is 0 Å². The number of hydrogen-bond acceptors (Lipinski definition) is 3. The zero-order chi connectivity index (χ0) is 40.2. The maximum Gasteiger partial charge on any atom is 0.500 e. The van der Waals surface area contributed by atoms with Crippen molar-refractivity contribution >= 4 is 8.80 Å². The molecular formula is C51H106O3Si. The molecule has 0 spiro atoms. The molecule has 0 aromatic carbocycles. The van der Waals surface area contributed by atoms with E-state index < -0.39 is 8.80 Å². The molecule has 0 bridgehead atoms. The lowest BCUT2D eigenvalue weighted by Gasteiger charge is -2.41. The molecule has 0 aliphatic carbocycles. The predicted molar refractivity (Wildman–Crippen MR) is 250 cm³/mol. The molecule has 0 amide bonds. The van der Waals surface area contributed by atoms with Crippen LogP contribution in [-0.4, -0.2) is 28.6 Å². The summed E-state index contributed by atoms with van der Waals surface area (Å²) in [5, 5.41) is 0. The summed E-state index contributed by atoms with van der Waals surface area (Å²) >= 11 is 0. The Morgan fingerprint density at radius 2 is 0.473 bits per heavy atom. The Morgan fingerprint density at radius 1 is 0.273 bits per heavy atom. The Kier molecular flexibility index (Phi) is 43.7. The summed E-state index contributed by atoms with van der Waals surface area (Å²) in [6.45, 7) is 9.27. The first kappa shape index (κ1) is 55.1. The Morgan fingerprint density at radius 3 is 0.691 bits per heavy atom. The van der Waals surface area contributed by atoms with Gasteiger partial charge in [0, 0.05) is 20.3 Å². The first-order chi connectivity index (χ1) is 27.1. The van der Waals surface area contributed by atoms with Crippen molar-refractivity contribution in [3.63, 3.8) is 0 Å². The van der Waals surface area contributed by atoms with Crippen LogP contribution in [0.4, 0.5) is 0 Å². The van der Waals surface area contributed by atoms with Crippen molar-refractivity contribution in [1.82, 2.24) is 0 Å². The van der Waals surface area contributed by atoms with Crippen LogP contribution < -0.4 is 0 Å². The third-order valence-electron chi connectivity index (χ3n) is 12.8. The van der Waals surface area contributed by atoms with E-state index in [1.807, 2.05) is 14.2 Å². The second-order valence-electron chi connectivity index (χ2n) is 18.1. The molecule has 0 aromatic rings. The van der Waals surface area contributed by atoms with Crippen molar-refractivity contribution in [3.05, 3.63) is 0 Å². The van der Waals surface area contributed by atoms with Gasteiger partial charge in [-0.05, 0) is 25.7 Å². The van der Waals surface area contributed by atoms with Crippen molar-refractivity contribution in [1.29, 1.82) is 0 Å². The highest BCUT2D eigenvalue weighted by Crippen LogP contribution is 2.38. The number of unbranched alkanes of at least 4 members (excludes halogenated alkanes) is 36. The highest BCUT2D eigenvalue weighted by Gasteiger charge is 2.46. The van der Waals surface area contributed by atoms with Crippen LogP contribution in [0.2, 0.25) is 6.04 Å². The second-order valence-corrected chi connectivity index (χ2v) is 21.0. The van der Waals surface area contributed by atoms with Crippen molar-refractivity contribution in [2.75, 3.05) is 14.2 Å². The van der Waals surface area contributed by atoms with Gasteiger partial charge in [-0.3, -0.25) is 0 Å². The zero-order valence-corrected chi connectivity index (χ0v) is 40.3. The van der Waals surface area contributed by atoms with Crippen LogP contribution in [0.1, 0.15) is 304 Å². The Bertz CT molecular complexity index is 650. The molecule has 0 saturated carbocycles. The van der Waals surface area contributed by atoms with Gasteiger partial charge in [-0.15, -0.1) is 0 Å². The van der Waals surface area contributed by atoms with E-state index >= 15 is 0 Å². The second kappa shape index (κ2) is 43.7. The average Bonchev–Trinajstić information content (AvgIpc) is 3.20. The van der Waals surface area contributed by atoms with E-state index in [1.54, 1.807) is 0 Å². The highest BCUT2D eigenvalue weighted by molar-refractivity contribution is 6.60. The Hall–Kier alpha value is 0.0969. The standard InChI is InChI=1S/C51H106O3Si/c1-7-11-15-19-23-27-31-35-39-43-47-51(48-44-40-36-32-28-24-20-16-12-8-2,49-45-41-37-33-29-25-21-17-13-9-3)54-55(52-5,53-6)50-46-42-38-34-30-26-22-18-14-10-4/h7-50H2,1-6H3. The normalized spacial score (nSPS) is 12.3. The largest absolute Gasteiger partial charge is 0.500 e. The Labute approximate surface area is 350 Å². The first-order valence-corrected chi connectivity index (χ1v) is 27.8. The van der Waals surface area contributed by atoms with Crippen molar-refractivity contribution in [2.45, 2.75) is 315 Å². The molecule has 0 radical (unpaired) electrons. The summed E-state index contributed by atoms with van der Waals surface area (Å²) in [6, 6.07) is 0.979. The van der Waals surface area contributed by atoms with Gasteiger partial charge in [-0.1, -0.05) is 278 Å². The minimum Gasteiger partial charge on any atom is -0.377 e. The molecule has 0 aromatic heterocycles. The van der Waals surface area contributed by atoms with Gasteiger partial charge in [0.25, 0.3) is 0 Å². The molecule has 3 nitrogen and oxygen atoms in total. The first-order valence-electron chi connectivity index (χ1n) is 25.9. The third-order valence-corrected chi connectivity index (χ3v) is 15.7.